The zero-order chi connectivity index (χ0) is 16.4. The first-order valence-electron chi connectivity index (χ1n) is 6.59. The van der Waals surface area contributed by atoms with E-state index in [9.17, 15) is 14.7 Å². The number of urea groups is 1. The monoisotopic (exact) mass is 356 g/mol. The molecular formula is C15H21BrN2O3. The summed E-state index contributed by atoms with van der Waals surface area (Å²) in [5.41, 5.74) is 1.92. The zero-order valence-corrected chi connectivity index (χ0v) is 14.5. The number of carbonyl (C=O) groups excluding carboxylic acids is 1. The maximum atomic E-state index is 12.1. The number of carboxylic acids is 1. The fraction of sp³-hybridized carbons (Fsp3) is 0.467. The lowest BCUT2D eigenvalue weighted by Gasteiger charge is -2.28. The fourth-order valence-electron chi connectivity index (χ4n) is 2.04. The van der Waals surface area contributed by atoms with Crippen molar-refractivity contribution in [3.8, 4) is 0 Å². The Morgan fingerprint density at radius 2 is 1.67 bits per heavy atom. The van der Waals surface area contributed by atoms with Gasteiger partial charge in [0, 0.05) is 10.2 Å². The van der Waals surface area contributed by atoms with Gasteiger partial charge in [0.1, 0.15) is 6.04 Å². The molecule has 2 amide bonds. The molecule has 6 heteroatoms. The van der Waals surface area contributed by atoms with Crippen LogP contribution in [0, 0.1) is 19.3 Å². The van der Waals surface area contributed by atoms with Gasteiger partial charge in [-0.25, -0.2) is 9.59 Å². The van der Waals surface area contributed by atoms with Crippen molar-refractivity contribution in [3.05, 3.63) is 27.7 Å². The average Bonchev–Trinajstić information content (AvgIpc) is 2.28. The minimum Gasteiger partial charge on any atom is -0.480 e. The number of halogens is 1. The molecule has 3 N–H and O–H groups in total. The maximum Gasteiger partial charge on any atom is 0.326 e. The van der Waals surface area contributed by atoms with Gasteiger partial charge in [-0.3, -0.25) is 0 Å². The summed E-state index contributed by atoms with van der Waals surface area (Å²) in [4.78, 5) is 23.3. The van der Waals surface area contributed by atoms with E-state index in [2.05, 4.69) is 26.6 Å². The molecule has 5 nitrogen and oxygen atoms in total. The van der Waals surface area contributed by atoms with E-state index in [-0.39, 0.29) is 0 Å². The van der Waals surface area contributed by atoms with Crippen LogP contribution in [0.4, 0.5) is 10.5 Å². The second-order valence-electron chi connectivity index (χ2n) is 6.15. The molecule has 116 valence electrons. The number of anilines is 1. The van der Waals surface area contributed by atoms with Crippen molar-refractivity contribution >= 4 is 33.6 Å². The number of aryl methyl sites for hydroxylation is 2. The molecule has 1 aromatic rings. The summed E-state index contributed by atoms with van der Waals surface area (Å²) < 4.78 is 0.932. The van der Waals surface area contributed by atoms with Crippen molar-refractivity contribution in [2.24, 2.45) is 5.41 Å². The SMILES string of the molecule is Cc1cc(Br)cc(C)c1NC(=O)NC(C(=O)O)C(C)(C)C. The van der Waals surface area contributed by atoms with E-state index < -0.39 is 23.5 Å². The third kappa shape index (κ3) is 4.74. The summed E-state index contributed by atoms with van der Waals surface area (Å²) >= 11 is 3.39. The predicted octanol–water partition coefficient (Wildman–Crippen LogP) is 3.69. The lowest BCUT2D eigenvalue weighted by atomic mass is 9.87. The Balaban J connectivity index is 2.90. The van der Waals surface area contributed by atoms with Crippen molar-refractivity contribution in [3.63, 3.8) is 0 Å². The van der Waals surface area contributed by atoms with Gasteiger partial charge in [0.25, 0.3) is 0 Å². The summed E-state index contributed by atoms with van der Waals surface area (Å²) in [5, 5.41) is 14.5. The molecule has 1 rings (SSSR count). The molecule has 0 aliphatic rings. The van der Waals surface area contributed by atoms with Gasteiger partial charge in [-0.05, 0) is 42.5 Å². The Kier molecular flexibility index (Phi) is 5.39. The number of hydrogen-bond donors (Lipinski definition) is 3. The topological polar surface area (TPSA) is 78.4 Å². The van der Waals surface area contributed by atoms with Crippen LogP contribution >= 0.6 is 15.9 Å². The number of aliphatic carboxylic acids is 1. The zero-order valence-electron chi connectivity index (χ0n) is 12.9. The lowest BCUT2D eigenvalue weighted by Crippen LogP contribution is -2.50. The Hall–Kier alpha value is -1.56. The minimum absolute atomic E-state index is 0.522. The normalized spacial score (nSPS) is 12.7. The Bertz CT molecular complexity index is 542. The largest absolute Gasteiger partial charge is 0.480 e. The Morgan fingerprint density at radius 3 is 2.05 bits per heavy atom. The molecule has 1 unspecified atom stereocenters. The second kappa shape index (κ2) is 6.47. The van der Waals surface area contributed by atoms with E-state index >= 15 is 0 Å². The number of hydrogen-bond acceptors (Lipinski definition) is 2. The first-order valence-corrected chi connectivity index (χ1v) is 7.38. The van der Waals surface area contributed by atoms with Crippen molar-refractivity contribution in [1.82, 2.24) is 5.32 Å². The van der Waals surface area contributed by atoms with Crippen LogP contribution < -0.4 is 10.6 Å². The van der Waals surface area contributed by atoms with Crippen LogP contribution in [0.1, 0.15) is 31.9 Å². The third-order valence-electron chi connectivity index (χ3n) is 3.12. The van der Waals surface area contributed by atoms with Gasteiger partial charge in [-0.15, -0.1) is 0 Å². The van der Waals surface area contributed by atoms with Gasteiger partial charge in [0.15, 0.2) is 0 Å². The van der Waals surface area contributed by atoms with Crippen LogP contribution in [0.25, 0.3) is 0 Å². The van der Waals surface area contributed by atoms with E-state index in [0.29, 0.717) is 5.69 Å². The smallest absolute Gasteiger partial charge is 0.326 e. The number of rotatable bonds is 3. The molecule has 1 atom stereocenters. The van der Waals surface area contributed by atoms with Gasteiger partial charge in [0.05, 0.1) is 0 Å². The number of nitrogens with one attached hydrogen (secondary N) is 2. The highest BCUT2D eigenvalue weighted by Crippen LogP contribution is 2.25. The van der Waals surface area contributed by atoms with Crippen LogP contribution in [0.3, 0.4) is 0 Å². The van der Waals surface area contributed by atoms with E-state index in [4.69, 9.17) is 0 Å². The van der Waals surface area contributed by atoms with Gasteiger partial charge >= 0.3 is 12.0 Å². The molecule has 0 bridgehead atoms. The molecule has 0 aliphatic carbocycles. The molecule has 0 saturated carbocycles. The van der Waals surface area contributed by atoms with E-state index in [1.54, 1.807) is 20.8 Å². The van der Waals surface area contributed by atoms with Crippen LogP contribution in [-0.2, 0) is 4.79 Å². The molecule has 21 heavy (non-hydrogen) atoms. The average molecular weight is 357 g/mol. The predicted molar refractivity (Wildman–Crippen MR) is 86.6 cm³/mol. The first-order chi connectivity index (χ1) is 9.52. The maximum absolute atomic E-state index is 12.1. The van der Waals surface area contributed by atoms with Gasteiger partial charge < -0.3 is 15.7 Å². The van der Waals surface area contributed by atoms with E-state index in [1.165, 1.54) is 0 Å². The summed E-state index contributed by atoms with van der Waals surface area (Å²) in [7, 11) is 0. The third-order valence-corrected chi connectivity index (χ3v) is 3.58. The van der Waals surface area contributed by atoms with Gasteiger partial charge in [0.2, 0.25) is 0 Å². The van der Waals surface area contributed by atoms with Gasteiger partial charge in [-0.1, -0.05) is 36.7 Å². The number of amides is 2. The number of benzene rings is 1. The molecule has 0 fully saturated rings. The van der Waals surface area contributed by atoms with E-state index in [0.717, 1.165) is 15.6 Å². The summed E-state index contributed by atoms with van der Waals surface area (Å²) in [6, 6.07) is 2.29. The van der Waals surface area contributed by atoms with E-state index in [1.807, 2.05) is 26.0 Å². The Morgan fingerprint density at radius 1 is 1.19 bits per heavy atom. The molecular weight excluding hydrogens is 336 g/mol. The van der Waals surface area contributed by atoms with Gasteiger partial charge in [-0.2, -0.15) is 0 Å². The highest BCUT2D eigenvalue weighted by Gasteiger charge is 2.32. The first kappa shape index (κ1) is 17.5. The number of carboxylic acid groups (broad SMARTS) is 1. The highest BCUT2D eigenvalue weighted by atomic mass is 79.9. The Labute approximate surface area is 133 Å². The van der Waals surface area contributed by atoms with Crippen LogP contribution in [0.2, 0.25) is 0 Å². The standard InChI is InChI=1S/C15H21BrN2O3/c1-8-6-10(16)7-9(2)11(8)17-14(21)18-12(13(19)20)15(3,4)5/h6-7,12H,1-5H3,(H,19,20)(H2,17,18,21). The van der Waals surface area contributed by atoms with Crippen molar-refractivity contribution in [2.75, 3.05) is 5.32 Å². The van der Waals surface area contributed by atoms with Crippen LogP contribution in [-0.4, -0.2) is 23.1 Å². The molecule has 1 aromatic carbocycles. The number of carbonyl (C=O) groups is 2. The summed E-state index contributed by atoms with van der Waals surface area (Å²) in [6.45, 7) is 9.06. The lowest BCUT2D eigenvalue weighted by molar-refractivity contribution is -0.141. The van der Waals surface area contributed by atoms with Crippen LogP contribution in [0.15, 0.2) is 16.6 Å². The molecule has 0 heterocycles. The highest BCUT2D eigenvalue weighted by molar-refractivity contribution is 9.10. The fourth-order valence-corrected chi connectivity index (χ4v) is 2.72. The minimum atomic E-state index is -1.05. The van der Waals surface area contributed by atoms with Crippen molar-refractivity contribution in [1.29, 1.82) is 0 Å². The quantitative estimate of drug-likeness (QED) is 0.772. The molecule has 0 aromatic heterocycles. The van der Waals surface area contributed by atoms with Crippen molar-refractivity contribution < 1.29 is 14.7 Å². The molecule has 0 radical (unpaired) electrons. The molecule has 0 aliphatic heterocycles. The second-order valence-corrected chi connectivity index (χ2v) is 7.07. The molecule has 0 saturated heterocycles. The summed E-state index contributed by atoms with van der Waals surface area (Å²) in [5.74, 6) is -1.05. The van der Waals surface area contributed by atoms with Crippen molar-refractivity contribution in [2.45, 2.75) is 40.7 Å². The van der Waals surface area contributed by atoms with Crippen LogP contribution in [0.5, 0.6) is 0 Å². The summed E-state index contributed by atoms with van der Waals surface area (Å²) in [6.07, 6.45) is 0. The molecule has 0 spiro atoms.